The van der Waals surface area contributed by atoms with Gasteiger partial charge in [0.1, 0.15) is 11.6 Å². The summed E-state index contributed by atoms with van der Waals surface area (Å²) in [5.74, 6) is 0.950. The number of carbonyl (C=O) groups excluding carboxylic acids is 1. The summed E-state index contributed by atoms with van der Waals surface area (Å²) < 4.78 is 15.5. The molecular formula is C23H28FN3O. The van der Waals surface area contributed by atoms with E-state index in [0.717, 1.165) is 36.2 Å². The molecule has 1 amide bonds. The number of fused-ring (bicyclic) bond motifs is 1. The van der Waals surface area contributed by atoms with Gasteiger partial charge in [-0.25, -0.2) is 9.37 Å². The molecular weight excluding hydrogens is 353 g/mol. The highest BCUT2D eigenvalue weighted by atomic mass is 19.1. The molecule has 3 rings (SSSR count). The molecule has 0 atom stereocenters. The molecule has 0 aliphatic carbocycles. The Labute approximate surface area is 166 Å². The first kappa shape index (κ1) is 20.1. The van der Waals surface area contributed by atoms with E-state index in [2.05, 4.69) is 31.4 Å². The van der Waals surface area contributed by atoms with Gasteiger partial charge in [-0.1, -0.05) is 32.9 Å². The molecule has 28 heavy (non-hydrogen) atoms. The Bertz CT molecular complexity index is 931. The number of imidazole rings is 1. The van der Waals surface area contributed by atoms with Crippen molar-refractivity contribution >= 4 is 16.9 Å². The van der Waals surface area contributed by atoms with Crippen LogP contribution in [0.5, 0.6) is 0 Å². The van der Waals surface area contributed by atoms with Crippen LogP contribution in [0, 0.1) is 11.7 Å². The summed E-state index contributed by atoms with van der Waals surface area (Å²) in [7, 11) is 0. The van der Waals surface area contributed by atoms with Crippen LogP contribution in [-0.2, 0) is 13.1 Å². The van der Waals surface area contributed by atoms with Gasteiger partial charge in [-0.2, -0.15) is 0 Å². The Balaban J connectivity index is 1.92. The predicted octanol–water partition coefficient (Wildman–Crippen LogP) is 5.27. The topological polar surface area (TPSA) is 38.1 Å². The van der Waals surface area contributed by atoms with E-state index in [-0.39, 0.29) is 11.7 Å². The smallest absolute Gasteiger partial charge is 0.254 e. The molecule has 148 valence electrons. The van der Waals surface area contributed by atoms with Crippen molar-refractivity contribution in [1.29, 1.82) is 0 Å². The average molecular weight is 381 g/mol. The first-order valence-electron chi connectivity index (χ1n) is 9.98. The Hall–Kier alpha value is -2.69. The van der Waals surface area contributed by atoms with E-state index < -0.39 is 0 Å². The predicted molar refractivity (Wildman–Crippen MR) is 111 cm³/mol. The number of aryl methyl sites for hydroxylation is 1. The van der Waals surface area contributed by atoms with Crippen LogP contribution in [0.1, 0.15) is 49.8 Å². The third kappa shape index (κ3) is 4.58. The fraction of sp³-hybridized carbons (Fsp3) is 0.391. The largest absolute Gasteiger partial charge is 0.331 e. The molecule has 5 heteroatoms. The maximum atomic E-state index is 13.3. The van der Waals surface area contributed by atoms with Crippen LogP contribution in [0.3, 0.4) is 0 Å². The van der Waals surface area contributed by atoms with Crippen LogP contribution in [0.4, 0.5) is 4.39 Å². The zero-order chi connectivity index (χ0) is 20.1. The lowest BCUT2D eigenvalue weighted by molar-refractivity contribution is 0.0729. The lowest BCUT2D eigenvalue weighted by atomic mass is 10.1. The fourth-order valence-electron chi connectivity index (χ4n) is 3.33. The molecule has 1 heterocycles. The SMILES string of the molecule is CCCn1c(CN(CCC(C)C)C(=O)c2ccc(F)cc2)nc2ccccc21. The fourth-order valence-corrected chi connectivity index (χ4v) is 3.33. The monoisotopic (exact) mass is 381 g/mol. The number of para-hydroxylation sites is 2. The first-order chi connectivity index (χ1) is 13.5. The molecule has 0 aliphatic heterocycles. The number of aromatic nitrogens is 2. The molecule has 0 saturated carbocycles. The summed E-state index contributed by atoms with van der Waals surface area (Å²) >= 11 is 0. The van der Waals surface area contributed by atoms with Crippen LogP contribution in [-0.4, -0.2) is 26.9 Å². The number of hydrogen-bond donors (Lipinski definition) is 0. The van der Waals surface area contributed by atoms with E-state index in [9.17, 15) is 9.18 Å². The van der Waals surface area contributed by atoms with Crippen molar-refractivity contribution in [3.63, 3.8) is 0 Å². The highest BCUT2D eigenvalue weighted by molar-refractivity contribution is 5.94. The van der Waals surface area contributed by atoms with Gasteiger partial charge in [-0.05, 0) is 55.2 Å². The van der Waals surface area contributed by atoms with E-state index >= 15 is 0 Å². The van der Waals surface area contributed by atoms with Crippen molar-refractivity contribution in [3.8, 4) is 0 Å². The average Bonchev–Trinajstić information content (AvgIpc) is 3.03. The van der Waals surface area contributed by atoms with Gasteiger partial charge in [0.2, 0.25) is 0 Å². The van der Waals surface area contributed by atoms with Crippen LogP contribution in [0.25, 0.3) is 11.0 Å². The maximum absolute atomic E-state index is 13.3. The summed E-state index contributed by atoms with van der Waals surface area (Å²) in [6, 6.07) is 13.8. The van der Waals surface area contributed by atoms with Crippen molar-refractivity contribution in [3.05, 3.63) is 65.7 Å². The van der Waals surface area contributed by atoms with Crippen LogP contribution in [0.15, 0.2) is 48.5 Å². The molecule has 0 spiro atoms. The molecule has 0 aliphatic rings. The highest BCUT2D eigenvalue weighted by Crippen LogP contribution is 2.20. The summed E-state index contributed by atoms with van der Waals surface area (Å²) in [5.41, 5.74) is 2.55. The van der Waals surface area contributed by atoms with Gasteiger partial charge in [-0.3, -0.25) is 4.79 Å². The van der Waals surface area contributed by atoms with Crippen LogP contribution in [0.2, 0.25) is 0 Å². The highest BCUT2D eigenvalue weighted by Gasteiger charge is 2.20. The van der Waals surface area contributed by atoms with Crippen molar-refractivity contribution in [2.45, 2.75) is 46.7 Å². The van der Waals surface area contributed by atoms with E-state index in [1.807, 2.05) is 23.1 Å². The maximum Gasteiger partial charge on any atom is 0.254 e. The molecule has 0 radical (unpaired) electrons. The minimum Gasteiger partial charge on any atom is -0.331 e. The second kappa shape index (κ2) is 9.00. The van der Waals surface area contributed by atoms with E-state index in [1.165, 1.54) is 12.1 Å². The van der Waals surface area contributed by atoms with Gasteiger partial charge in [0.15, 0.2) is 0 Å². The quantitative estimate of drug-likeness (QED) is 0.533. The molecule has 2 aromatic carbocycles. The Morgan fingerprint density at radius 1 is 1.14 bits per heavy atom. The Kier molecular flexibility index (Phi) is 6.45. The second-order valence-corrected chi connectivity index (χ2v) is 7.58. The molecule has 4 nitrogen and oxygen atoms in total. The number of nitrogens with zero attached hydrogens (tertiary/aromatic N) is 3. The normalized spacial score (nSPS) is 11.3. The molecule has 1 aromatic heterocycles. The third-order valence-electron chi connectivity index (χ3n) is 4.87. The first-order valence-corrected chi connectivity index (χ1v) is 9.98. The Morgan fingerprint density at radius 3 is 2.54 bits per heavy atom. The minimum atomic E-state index is -0.338. The number of hydrogen-bond acceptors (Lipinski definition) is 2. The van der Waals surface area contributed by atoms with Gasteiger partial charge in [0.05, 0.1) is 17.6 Å². The number of carbonyl (C=O) groups is 1. The summed E-state index contributed by atoms with van der Waals surface area (Å²) in [5, 5.41) is 0. The van der Waals surface area contributed by atoms with Gasteiger partial charge in [-0.15, -0.1) is 0 Å². The van der Waals surface area contributed by atoms with E-state index in [0.29, 0.717) is 24.6 Å². The molecule has 0 saturated heterocycles. The molecule has 0 N–H and O–H groups in total. The van der Waals surface area contributed by atoms with Gasteiger partial charge >= 0.3 is 0 Å². The number of halogens is 1. The molecule has 0 bridgehead atoms. The van der Waals surface area contributed by atoms with Gasteiger partial charge in [0.25, 0.3) is 5.91 Å². The molecule has 3 aromatic rings. The lowest BCUT2D eigenvalue weighted by Crippen LogP contribution is -2.33. The number of rotatable bonds is 8. The van der Waals surface area contributed by atoms with Crippen molar-refractivity contribution in [1.82, 2.24) is 14.5 Å². The standard InChI is InChI=1S/C23H28FN3O/c1-4-14-27-21-8-6-5-7-20(21)25-22(27)16-26(15-13-17(2)3)23(28)18-9-11-19(24)12-10-18/h5-12,17H,4,13-16H2,1-3H3. The van der Waals surface area contributed by atoms with Crippen molar-refractivity contribution in [2.24, 2.45) is 5.92 Å². The summed E-state index contributed by atoms with van der Waals surface area (Å²) in [6.45, 7) is 8.37. The summed E-state index contributed by atoms with van der Waals surface area (Å²) in [6.07, 6.45) is 1.90. The van der Waals surface area contributed by atoms with Crippen LogP contribution >= 0.6 is 0 Å². The van der Waals surface area contributed by atoms with Crippen molar-refractivity contribution in [2.75, 3.05) is 6.54 Å². The van der Waals surface area contributed by atoms with Gasteiger partial charge in [0, 0.05) is 18.7 Å². The van der Waals surface area contributed by atoms with Crippen LogP contribution < -0.4 is 0 Å². The van der Waals surface area contributed by atoms with Gasteiger partial charge < -0.3 is 9.47 Å². The molecule has 0 fully saturated rings. The number of benzene rings is 2. The molecule has 0 unspecified atom stereocenters. The second-order valence-electron chi connectivity index (χ2n) is 7.58. The number of amides is 1. The Morgan fingerprint density at radius 2 is 1.86 bits per heavy atom. The lowest BCUT2D eigenvalue weighted by Gasteiger charge is -2.24. The third-order valence-corrected chi connectivity index (χ3v) is 4.87. The van der Waals surface area contributed by atoms with Crippen molar-refractivity contribution < 1.29 is 9.18 Å². The van der Waals surface area contributed by atoms with E-state index in [4.69, 9.17) is 4.98 Å². The zero-order valence-electron chi connectivity index (χ0n) is 16.9. The van der Waals surface area contributed by atoms with E-state index in [1.54, 1.807) is 12.1 Å². The summed E-state index contributed by atoms with van der Waals surface area (Å²) in [4.78, 5) is 19.8. The minimum absolute atomic E-state index is 0.0873. The zero-order valence-corrected chi connectivity index (χ0v) is 16.9.